The van der Waals surface area contributed by atoms with Crippen molar-refractivity contribution in [3.05, 3.63) is 43.3 Å². The van der Waals surface area contributed by atoms with Gasteiger partial charge in [-0.15, -0.1) is 11.3 Å². The van der Waals surface area contributed by atoms with Crippen molar-refractivity contribution in [1.29, 1.82) is 5.26 Å². The first-order valence-corrected chi connectivity index (χ1v) is 10.8. The van der Waals surface area contributed by atoms with Crippen molar-refractivity contribution in [2.24, 2.45) is 0 Å². The predicted molar refractivity (Wildman–Crippen MR) is 118 cm³/mol. The van der Waals surface area contributed by atoms with Crippen LogP contribution in [0.3, 0.4) is 0 Å². The summed E-state index contributed by atoms with van der Waals surface area (Å²) < 4.78 is 38.7. The molecule has 3 rings (SSSR count). The van der Waals surface area contributed by atoms with E-state index < -0.39 is 29.8 Å². The molecule has 0 aliphatic carbocycles. The maximum Gasteiger partial charge on any atom is 0.405 e. The largest absolute Gasteiger partial charge is 0.405 e. The lowest BCUT2D eigenvalue weighted by Crippen LogP contribution is -2.37. The molecule has 1 aromatic heterocycles. The Morgan fingerprint density at radius 1 is 1.31 bits per heavy atom. The van der Waals surface area contributed by atoms with Crippen LogP contribution in [0.4, 0.5) is 24.5 Å². The number of anilines is 2. The number of likely N-dealkylation sites (N-methyl/N-ethyl adjacent to an activating group) is 1. The maximum absolute atomic E-state index is 12.7. The lowest BCUT2D eigenvalue weighted by molar-refractivity contribution is -0.135. The second kappa shape index (κ2) is 9.48. The number of carbonyl (C=O) groups is 1. The third-order valence-corrected chi connectivity index (χ3v) is 6.18. The number of alkyl halides is 3. The summed E-state index contributed by atoms with van der Waals surface area (Å²) in [4.78, 5) is 27.1. The van der Waals surface area contributed by atoms with Gasteiger partial charge in [-0.1, -0.05) is 0 Å². The van der Waals surface area contributed by atoms with Gasteiger partial charge in [-0.05, 0) is 44.0 Å². The number of hydrogen-bond acceptors (Lipinski definition) is 6. The predicted octanol–water partition coefficient (Wildman–Crippen LogP) is 1.51. The minimum absolute atomic E-state index is 0.0141. The molecule has 1 aliphatic heterocycles. The van der Waals surface area contributed by atoms with E-state index in [-0.39, 0.29) is 15.7 Å². The average molecular weight is 466 g/mol. The number of nitrogens with zero attached hydrogens (tertiary/aromatic N) is 3. The van der Waals surface area contributed by atoms with Crippen molar-refractivity contribution < 1.29 is 18.0 Å². The van der Waals surface area contributed by atoms with Crippen molar-refractivity contribution in [3.8, 4) is 6.07 Å². The Labute approximate surface area is 186 Å². The maximum atomic E-state index is 12.7. The summed E-state index contributed by atoms with van der Waals surface area (Å²) in [5.41, 5.74) is 2.20. The fourth-order valence-electron chi connectivity index (χ4n) is 3.49. The van der Waals surface area contributed by atoms with E-state index in [0.717, 1.165) is 36.5 Å². The van der Waals surface area contributed by atoms with Crippen LogP contribution in [0.1, 0.15) is 19.4 Å². The number of fused-ring (bicyclic) bond motifs is 1. The average Bonchev–Trinajstić information content (AvgIpc) is 3.30. The Morgan fingerprint density at radius 3 is 2.69 bits per heavy atom. The molecule has 1 aliphatic rings. The third-order valence-electron chi connectivity index (χ3n) is 5.05. The van der Waals surface area contributed by atoms with E-state index in [1.807, 2.05) is 18.2 Å². The summed E-state index contributed by atoms with van der Waals surface area (Å²) in [5.74, 6) is -1.17. The zero-order chi connectivity index (χ0) is 23.5. The van der Waals surface area contributed by atoms with Crippen molar-refractivity contribution in [3.63, 3.8) is 0 Å². The van der Waals surface area contributed by atoms with Gasteiger partial charge in [-0.3, -0.25) is 14.2 Å². The highest BCUT2D eigenvalue weighted by molar-refractivity contribution is 7.07. The van der Waals surface area contributed by atoms with Gasteiger partial charge in [-0.2, -0.15) is 18.4 Å². The van der Waals surface area contributed by atoms with Crippen LogP contribution < -0.4 is 30.3 Å². The molecule has 0 saturated heterocycles. The second-order valence-electron chi connectivity index (χ2n) is 7.07. The lowest BCUT2D eigenvalue weighted by atomic mass is 10.1. The number of hydrogen-bond donors (Lipinski definition) is 2. The number of rotatable bonds is 6. The number of halogens is 3. The Kier molecular flexibility index (Phi) is 6.93. The van der Waals surface area contributed by atoms with E-state index in [9.17, 15) is 28.0 Å². The summed E-state index contributed by atoms with van der Waals surface area (Å²) in [6.45, 7) is 4.22. The normalized spacial score (nSPS) is 14.8. The van der Waals surface area contributed by atoms with Gasteiger partial charge in [0.1, 0.15) is 21.8 Å². The molecule has 2 N–H and O–H groups in total. The number of carbonyl (C=O) groups excluding carboxylic acids is 1. The van der Waals surface area contributed by atoms with E-state index in [4.69, 9.17) is 0 Å². The third kappa shape index (κ3) is 4.96. The van der Waals surface area contributed by atoms with Crippen molar-refractivity contribution in [2.75, 3.05) is 29.9 Å². The molecule has 0 radical (unpaired) electrons. The molecule has 0 saturated carbocycles. The molecule has 0 spiro atoms. The molecular formula is C21H22F3N5O2S. The minimum Gasteiger partial charge on any atom is -0.371 e. The fourth-order valence-corrected chi connectivity index (χ4v) is 4.58. The van der Waals surface area contributed by atoms with Crippen molar-refractivity contribution >= 4 is 40.4 Å². The molecule has 1 amide bonds. The van der Waals surface area contributed by atoms with Gasteiger partial charge >= 0.3 is 6.18 Å². The number of benzene rings is 1. The molecule has 7 nitrogen and oxygen atoms in total. The summed E-state index contributed by atoms with van der Waals surface area (Å²) in [6.07, 6.45) is -2.19. The van der Waals surface area contributed by atoms with Gasteiger partial charge in [0.2, 0.25) is 0 Å². The number of nitrogens with one attached hydrogen (secondary N) is 2. The molecule has 2 aromatic rings. The van der Waals surface area contributed by atoms with Crippen molar-refractivity contribution in [2.45, 2.75) is 33.0 Å². The van der Waals surface area contributed by atoms with Gasteiger partial charge in [0, 0.05) is 37.2 Å². The zero-order valence-corrected chi connectivity index (χ0v) is 18.4. The quantitative estimate of drug-likeness (QED) is 0.675. The number of nitriles is 1. The van der Waals surface area contributed by atoms with Crippen molar-refractivity contribution in [1.82, 2.24) is 9.88 Å². The summed E-state index contributed by atoms with van der Waals surface area (Å²) in [7, 11) is 0. The summed E-state index contributed by atoms with van der Waals surface area (Å²) in [6, 6.07) is 7.55. The van der Waals surface area contributed by atoms with Crippen LogP contribution in [0.25, 0.3) is 11.8 Å². The highest BCUT2D eigenvalue weighted by Crippen LogP contribution is 2.30. The molecular weight excluding hydrogens is 443 g/mol. The first-order valence-electron chi connectivity index (χ1n) is 10.0. The van der Waals surface area contributed by atoms with E-state index in [0.29, 0.717) is 0 Å². The van der Waals surface area contributed by atoms with E-state index in [1.54, 1.807) is 18.3 Å². The minimum atomic E-state index is -4.61. The number of amides is 1. The van der Waals surface area contributed by atoms with E-state index >= 15 is 0 Å². The molecule has 11 heteroatoms. The van der Waals surface area contributed by atoms with Crippen LogP contribution in [0.5, 0.6) is 0 Å². The molecule has 2 heterocycles. The Bertz CT molecular complexity index is 1240. The molecule has 0 atom stereocenters. The van der Waals surface area contributed by atoms with Gasteiger partial charge in [0.25, 0.3) is 11.5 Å². The van der Waals surface area contributed by atoms with E-state index in [2.05, 4.69) is 17.1 Å². The second-order valence-corrected chi connectivity index (χ2v) is 8.10. The number of thiazole rings is 1. The van der Waals surface area contributed by atoms with Gasteiger partial charge in [0.15, 0.2) is 5.57 Å². The lowest BCUT2D eigenvalue weighted by Gasteiger charge is -2.16. The first-order chi connectivity index (χ1) is 15.2. The number of aromatic nitrogens is 1. The highest BCUT2D eigenvalue weighted by Gasteiger charge is 2.29. The molecule has 0 bridgehead atoms. The first kappa shape index (κ1) is 23.4. The SMILES string of the molecule is CCN1CCc2cc(N/C=c3\s/c(=C(\C#N)C(=O)NCC(F)(F)F)n(CC)c3=O)ccc21. The topological polar surface area (TPSA) is 90.2 Å². The monoisotopic (exact) mass is 465 g/mol. The van der Waals surface area contributed by atoms with Crippen LogP contribution in [-0.2, 0) is 17.8 Å². The fraction of sp³-hybridized carbons (Fsp3) is 0.381. The Hall–Kier alpha value is -3.26. The smallest absolute Gasteiger partial charge is 0.371 e. The molecule has 170 valence electrons. The molecule has 32 heavy (non-hydrogen) atoms. The molecule has 0 fully saturated rings. The van der Waals surface area contributed by atoms with Crippen LogP contribution in [0.2, 0.25) is 0 Å². The van der Waals surface area contributed by atoms with Gasteiger partial charge < -0.3 is 15.5 Å². The standard InChI is InChI=1S/C21H22F3N5O2S/c1-3-28-8-7-13-9-14(5-6-16(13)28)26-11-17-19(31)29(4-2)20(32-17)15(10-25)18(30)27-12-21(22,23)24/h5-6,9,11,26H,3-4,7-8,12H2,1-2H3,(H,27,30)/b17-11-,20-15+. The Morgan fingerprint density at radius 2 is 2.06 bits per heavy atom. The molecule has 1 aromatic carbocycles. The summed E-state index contributed by atoms with van der Waals surface area (Å²) in [5, 5.41) is 14.1. The van der Waals surface area contributed by atoms with Gasteiger partial charge in [0.05, 0.1) is 0 Å². The van der Waals surface area contributed by atoms with Crippen LogP contribution >= 0.6 is 11.3 Å². The molecule has 0 unspecified atom stereocenters. The highest BCUT2D eigenvalue weighted by atomic mass is 32.1. The van der Waals surface area contributed by atoms with Crippen LogP contribution in [-0.4, -0.2) is 36.3 Å². The summed E-state index contributed by atoms with van der Waals surface area (Å²) >= 11 is 0.876. The van der Waals surface area contributed by atoms with Gasteiger partial charge in [-0.25, -0.2) is 0 Å². The Balaban J connectivity index is 1.95. The van der Waals surface area contributed by atoms with E-state index in [1.165, 1.54) is 22.0 Å². The van der Waals surface area contributed by atoms with Crippen LogP contribution in [0.15, 0.2) is 23.0 Å². The zero-order valence-electron chi connectivity index (χ0n) is 17.5. The van der Waals surface area contributed by atoms with Crippen LogP contribution in [0, 0.1) is 11.3 Å².